The van der Waals surface area contributed by atoms with Crippen molar-refractivity contribution < 1.29 is 14.3 Å². The van der Waals surface area contributed by atoms with Crippen LogP contribution in [0.5, 0.6) is 5.75 Å². The Morgan fingerprint density at radius 1 is 1.09 bits per heavy atom. The second-order valence-electron chi connectivity index (χ2n) is 11.1. The Kier molecular flexibility index (Phi) is 8.75. The fourth-order valence-electron chi connectivity index (χ4n) is 3.18. The molecule has 0 fully saturated rings. The third kappa shape index (κ3) is 8.08. The summed E-state index contributed by atoms with van der Waals surface area (Å²) in [5, 5.41) is 10.7. The van der Waals surface area contributed by atoms with E-state index in [1.807, 2.05) is 51.1 Å². The van der Waals surface area contributed by atoms with Gasteiger partial charge in [0.25, 0.3) is 0 Å². The van der Waals surface area contributed by atoms with Crippen molar-refractivity contribution in [2.24, 2.45) is 5.92 Å². The molecule has 0 unspecified atom stereocenters. The highest BCUT2D eigenvalue weighted by atomic mass is 16.5. The van der Waals surface area contributed by atoms with Crippen LogP contribution in [0.15, 0.2) is 30.3 Å². The molecule has 188 valence electrons. The van der Waals surface area contributed by atoms with E-state index in [1.165, 1.54) is 0 Å². The number of nitrogens with one attached hydrogen (secondary N) is 2. The topological polar surface area (TPSA) is 88.5 Å². The zero-order valence-electron chi connectivity index (χ0n) is 22.2. The number of ether oxygens (including phenoxy) is 1. The predicted octanol–water partition coefficient (Wildman–Crippen LogP) is 4.97. The maximum Gasteiger partial charge on any atom is 0.318 e. The molecule has 0 aliphatic rings. The molecule has 0 bridgehead atoms. The molecule has 2 N–H and O–H groups in total. The van der Waals surface area contributed by atoms with Gasteiger partial charge in [-0.05, 0) is 57.4 Å². The summed E-state index contributed by atoms with van der Waals surface area (Å²) in [5.41, 5.74) is 1.06. The van der Waals surface area contributed by atoms with Crippen molar-refractivity contribution in [3.05, 3.63) is 36.0 Å². The van der Waals surface area contributed by atoms with Crippen LogP contribution in [0.25, 0.3) is 5.69 Å². The van der Waals surface area contributed by atoms with Crippen molar-refractivity contribution >= 4 is 17.8 Å². The molecule has 1 heterocycles. The zero-order chi connectivity index (χ0) is 25.7. The van der Waals surface area contributed by atoms with Gasteiger partial charge in [-0.2, -0.15) is 5.10 Å². The van der Waals surface area contributed by atoms with Crippen LogP contribution in [-0.2, 0) is 10.2 Å². The molecule has 0 aliphatic carbocycles. The van der Waals surface area contributed by atoms with E-state index in [2.05, 4.69) is 45.3 Å². The molecule has 3 amide bonds. The zero-order valence-corrected chi connectivity index (χ0v) is 22.2. The largest absolute Gasteiger partial charge is 0.497 e. The van der Waals surface area contributed by atoms with Gasteiger partial charge in [0, 0.05) is 23.6 Å². The normalized spacial score (nSPS) is 11.9. The van der Waals surface area contributed by atoms with Crippen LogP contribution in [0.1, 0.15) is 67.5 Å². The van der Waals surface area contributed by atoms with E-state index in [9.17, 15) is 9.59 Å². The Morgan fingerprint density at radius 2 is 1.71 bits per heavy atom. The molecule has 8 nitrogen and oxygen atoms in total. The fourth-order valence-corrected chi connectivity index (χ4v) is 3.18. The van der Waals surface area contributed by atoms with E-state index in [0.29, 0.717) is 18.3 Å². The molecule has 0 radical (unpaired) electrons. The van der Waals surface area contributed by atoms with E-state index in [0.717, 1.165) is 23.6 Å². The quantitative estimate of drug-likeness (QED) is 0.569. The third-order valence-electron chi connectivity index (χ3n) is 5.14. The minimum atomic E-state index is -0.391. The van der Waals surface area contributed by atoms with Gasteiger partial charge in [0.2, 0.25) is 5.91 Å². The van der Waals surface area contributed by atoms with Gasteiger partial charge in [-0.25, -0.2) is 9.48 Å². The van der Waals surface area contributed by atoms with Crippen LogP contribution in [-0.4, -0.2) is 52.4 Å². The van der Waals surface area contributed by atoms with E-state index >= 15 is 0 Å². The van der Waals surface area contributed by atoms with E-state index < -0.39 is 5.54 Å². The summed E-state index contributed by atoms with van der Waals surface area (Å²) in [6, 6.07) is 9.12. The second kappa shape index (κ2) is 10.9. The maximum absolute atomic E-state index is 13.1. The summed E-state index contributed by atoms with van der Waals surface area (Å²) in [6.07, 6.45) is 0.808. The lowest BCUT2D eigenvalue weighted by atomic mass is 9.92. The van der Waals surface area contributed by atoms with Crippen LogP contribution in [0.4, 0.5) is 10.6 Å². The molecule has 0 atom stereocenters. The Balaban J connectivity index is 2.29. The van der Waals surface area contributed by atoms with E-state index in [1.54, 1.807) is 16.7 Å². The van der Waals surface area contributed by atoms with Gasteiger partial charge in [0.05, 0.1) is 18.5 Å². The van der Waals surface area contributed by atoms with Crippen LogP contribution in [0, 0.1) is 5.92 Å². The third-order valence-corrected chi connectivity index (χ3v) is 5.14. The Hall–Kier alpha value is -3.03. The lowest BCUT2D eigenvalue weighted by molar-refractivity contribution is -0.116. The molecule has 2 rings (SSSR count). The van der Waals surface area contributed by atoms with Crippen LogP contribution in [0.3, 0.4) is 0 Å². The number of nitrogens with zero attached hydrogens (tertiary/aromatic N) is 3. The van der Waals surface area contributed by atoms with Crippen LogP contribution in [0.2, 0.25) is 0 Å². The van der Waals surface area contributed by atoms with Gasteiger partial charge in [-0.15, -0.1) is 0 Å². The van der Waals surface area contributed by atoms with Crippen LogP contribution >= 0.6 is 0 Å². The van der Waals surface area contributed by atoms with Crippen molar-refractivity contribution in [3.8, 4) is 11.4 Å². The summed E-state index contributed by atoms with van der Waals surface area (Å²) in [6.45, 7) is 16.6. The van der Waals surface area contributed by atoms with Crippen molar-refractivity contribution in [1.82, 2.24) is 20.0 Å². The summed E-state index contributed by atoms with van der Waals surface area (Å²) < 4.78 is 6.97. The molecule has 0 saturated heterocycles. The Morgan fingerprint density at radius 3 is 2.21 bits per heavy atom. The number of benzene rings is 1. The molecule has 0 spiro atoms. The van der Waals surface area contributed by atoms with Gasteiger partial charge in [-0.3, -0.25) is 4.79 Å². The van der Waals surface area contributed by atoms with Crippen molar-refractivity contribution in [3.63, 3.8) is 0 Å². The number of urea groups is 1. The van der Waals surface area contributed by atoms with E-state index in [-0.39, 0.29) is 23.9 Å². The Labute approximate surface area is 204 Å². The van der Waals surface area contributed by atoms with Crippen molar-refractivity contribution in [2.75, 3.05) is 25.5 Å². The number of hydrogen-bond donors (Lipinski definition) is 2. The molecule has 0 saturated carbocycles. The number of carbonyl (C=O) groups excluding carboxylic acids is 2. The number of hydrogen-bond acceptors (Lipinski definition) is 4. The summed E-state index contributed by atoms with van der Waals surface area (Å²) >= 11 is 0. The number of amides is 3. The molecule has 8 heteroatoms. The SMILES string of the molecule is COc1ccc(-n2nc(C(C)(C)C)cc2NC(=O)CN(CCC(C)C)C(=O)NC(C)(C)C)cc1. The number of anilines is 1. The predicted molar refractivity (Wildman–Crippen MR) is 137 cm³/mol. The number of aromatic nitrogens is 2. The smallest absolute Gasteiger partial charge is 0.318 e. The molecule has 1 aromatic heterocycles. The standard InChI is InChI=1S/C26H41N5O3/c1-18(2)14-15-30(24(33)28-26(6,7)8)17-23(32)27-22-16-21(25(3,4)5)29-31(22)19-10-12-20(34-9)13-11-19/h10-13,16,18H,14-15,17H2,1-9H3,(H,27,32)(H,28,33). The van der Waals surface area contributed by atoms with Gasteiger partial charge in [0.15, 0.2) is 0 Å². The molecule has 0 aliphatic heterocycles. The molecule has 1 aromatic carbocycles. The number of rotatable bonds is 8. The highest BCUT2D eigenvalue weighted by Crippen LogP contribution is 2.27. The summed E-state index contributed by atoms with van der Waals surface area (Å²) in [4.78, 5) is 27.5. The first-order valence-electron chi connectivity index (χ1n) is 11.8. The van der Waals surface area contributed by atoms with E-state index in [4.69, 9.17) is 9.84 Å². The Bertz CT molecular complexity index is 966. The molecule has 2 aromatic rings. The average Bonchev–Trinajstić information content (AvgIpc) is 3.13. The summed E-state index contributed by atoms with van der Waals surface area (Å²) in [7, 11) is 1.62. The monoisotopic (exact) mass is 471 g/mol. The fraction of sp³-hybridized carbons (Fsp3) is 0.577. The van der Waals surface area contributed by atoms with Gasteiger partial charge >= 0.3 is 6.03 Å². The summed E-state index contributed by atoms with van der Waals surface area (Å²) in [5.74, 6) is 1.44. The average molecular weight is 472 g/mol. The van der Waals surface area contributed by atoms with Gasteiger partial charge < -0.3 is 20.3 Å². The first-order valence-corrected chi connectivity index (χ1v) is 11.8. The molecule has 34 heavy (non-hydrogen) atoms. The van der Waals surface area contributed by atoms with Crippen molar-refractivity contribution in [1.29, 1.82) is 0 Å². The number of carbonyl (C=O) groups is 2. The highest BCUT2D eigenvalue weighted by Gasteiger charge is 2.24. The molecular formula is C26H41N5O3. The molecular weight excluding hydrogens is 430 g/mol. The second-order valence-corrected chi connectivity index (χ2v) is 11.1. The minimum Gasteiger partial charge on any atom is -0.497 e. The van der Waals surface area contributed by atoms with Gasteiger partial charge in [-0.1, -0.05) is 34.6 Å². The minimum absolute atomic E-state index is 0.0483. The first-order chi connectivity index (χ1) is 15.7. The first kappa shape index (κ1) is 27.2. The van der Waals surface area contributed by atoms with Crippen LogP contribution < -0.4 is 15.4 Å². The van der Waals surface area contributed by atoms with Crippen molar-refractivity contribution in [2.45, 2.75) is 72.8 Å². The van der Waals surface area contributed by atoms with Gasteiger partial charge in [0.1, 0.15) is 18.1 Å². The highest BCUT2D eigenvalue weighted by molar-refractivity contribution is 5.94. The lowest BCUT2D eigenvalue weighted by Gasteiger charge is -2.28. The number of methoxy groups -OCH3 is 1. The maximum atomic E-state index is 13.1. The lowest BCUT2D eigenvalue weighted by Crippen LogP contribution is -2.50.